The Hall–Kier alpha value is -4.79. The molecular weight excluding hydrogens is 592 g/mol. The molecule has 2 aromatic carbocycles. The maximum Gasteiger partial charge on any atom is 0.410 e. The first-order chi connectivity index (χ1) is 22.4. The van der Waals surface area contributed by atoms with Gasteiger partial charge in [-0.15, -0.1) is 0 Å². The fourth-order valence-corrected chi connectivity index (χ4v) is 5.42. The van der Waals surface area contributed by atoms with E-state index in [1.807, 2.05) is 70.3 Å². The van der Waals surface area contributed by atoms with Gasteiger partial charge in [-0.25, -0.2) is 9.78 Å². The highest BCUT2D eigenvalue weighted by molar-refractivity contribution is 6.00. The summed E-state index contributed by atoms with van der Waals surface area (Å²) < 4.78 is 17.3. The van der Waals surface area contributed by atoms with E-state index in [4.69, 9.17) is 14.2 Å². The Bertz CT molecular complexity index is 1650. The molecule has 47 heavy (non-hydrogen) atoms. The summed E-state index contributed by atoms with van der Waals surface area (Å²) in [5.74, 6) is 1.26. The number of aromatic nitrogens is 2. The normalized spacial score (nSPS) is 12.7. The number of methoxy groups -OCH3 is 1. The second-order valence-corrected chi connectivity index (χ2v) is 12.8. The molecule has 0 radical (unpaired) electrons. The zero-order valence-corrected chi connectivity index (χ0v) is 28.9. The van der Waals surface area contributed by atoms with Crippen LogP contribution in [0.3, 0.4) is 0 Å². The van der Waals surface area contributed by atoms with Gasteiger partial charge in [-0.1, -0.05) is 37.3 Å². The molecule has 4 aromatic rings. The standard InChI is InChI=1S/C38H48N4O5/c1-9-31(27-14-12-15-30(23-27)45-8)36(33-24-28-13-10-11-16-32(28)40-33)29-18-19-34(39-25-29)46-22-21-42(37(44)47-38(3,4)5)26(2)17-20-35(43)41(6)7/h10-16,18-19,23-26,40H,9,17,20-22H2,1-8H3/b36-31+. The van der Waals surface area contributed by atoms with Gasteiger partial charge in [0.15, 0.2) is 0 Å². The van der Waals surface area contributed by atoms with E-state index in [0.29, 0.717) is 18.7 Å². The molecule has 250 valence electrons. The molecule has 0 aliphatic heterocycles. The van der Waals surface area contributed by atoms with Crippen LogP contribution in [-0.4, -0.2) is 77.8 Å². The largest absolute Gasteiger partial charge is 0.497 e. The monoisotopic (exact) mass is 640 g/mol. The Balaban J connectivity index is 1.58. The minimum absolute atomic E-state index is 0.0139. The SMILES string of the molecule is CC/C(=C(/c1ccc(OCCN(C(=O)OC(C)(C)C)C(C)CCC(=O)N(C)C)nc1)c1cc2ccccc2[nH]1)c1cccc(OC)c1. The summed E-state index contributed by atoms with van der Waals surface area (Å²) in [4.78, 5) is 36.8. The second kappa shape index (κ2) is 15.7. The quantitative estimate of drug-likeness (QED) is 0.160. The number of nitrogens with zero attached hydrogens (tertiary/aromatic N) is 3. The number of carbonyl (C=O) groups is 2. The summed E-state index contributed by atoms with van der Waals surface area (Å²) in [6.45, 7) is 10.1. The first-order valence-corrected chi connectivity index (χ1v) is 16.1. The molecule has 1 N–H and O–H groups in total. The van der Waals surface area contributed by atoms with Crippen LogP contribution in [0.4, 0.5) is 4.79 Å². The van der Waals surface area contributed by atoms with Crippen molar-refractivity contribution in [2.45, 2.75) is 65.5 Å². The first kappa shape index (κ1) is 35.1. The van der Waals surface area contributed by atoms with Gasteiger partial charge in [0.25, 0.3) is 0 Å². The molecule has 0 aliphatic carbocycles. The zero-order chi connectivity index (χ0) is 34.1. The number of benzene rings is 2. The van der Waals surface area contributed by atoms with Crippen LogP contribution >= 0.6 is 0 Å². The van der Waals surface area contributed by atoms with Crippen molar-refractivity contribution in [2.75, 3.05) is 34.4 Å². The molecule has 1 unspecified atom stereocenters. The van der Waals surface area contributed by atoms with Crippen LogP contribution in [0.25, 0.3) is 22.0 Å². The third kappa shape index (κ3) is 9.37. The summed E-state index contributed by atoms with van der Waals surface area (Å²) in [7, 11) is 5.13. The number of aromatic amines is 1. The molecule has 1 atom stereocenters. The molecule has 2 amide bonds. The van der Waals surface area contributed by atoms with Crippen LogP contribution in [0.1, 0.15) is 70.7 Å². The van der Waals surface area contributed by atoms with Crippen LogP contribution in [0, 0.1) is 0 Å². The summed E-state index contributed by atoms with van der Waals surface area (Å²) in [5, 5.41) is 1.13. The fourth-order valence-electron chi connectivity index (χ4n) is 5.42. The average molecular weight is 641 g/mol. The van der Waals surface area contributed by atoms with E-state index >= 15 is 0 Å². The van der Waals surface area contributed by atoms with Crippen LogP contribution in [0.15, 0.2) is 72.9 Å². The molecule has 0 saturated heterocycles. The maximum absolute atomic E-state index is 13.1. The number of para-hydroxylation sites is 1. The number of ether oxygens (including phenoxy) is 3. The third-order valence-electron chi connectivity index (χ3n) is 7.91. The van der Waals surface area contributed by atoms with Gasteiger partial charge in [-0.2, -0.15) is 0 Å². The molecule has 2 aromatic heterocycles. The summed E-state index contributed by atoms with van der Waals surface area (Å²) in [6.07, 6.45) is 3.02. The predicted molar refractivity (Wildman–Crippen MR) is 188 cm³/mol. The van der Waals surface area contributed by atoms with Gasteiger partial charge in [0.05, 0.1) is 13.7 Å². The van der Waals surface area contributed by atoms with Crippen molar-refractivity contribution in [1.82, 2.24) is 19.8 Å². The lowest BCUT2D eigenvalue weighted by molar-refractivity contribution is -0.129. The van der Waals surface area contributed by atoms with Crippen LogP contribution in [-0.2, 0) is 9.53 Å². The smallest absolute Gasteiger partial charge is 0.410 e. The van der Waals surface area contributed by atoms with E-state index in [2.05, 4.69) is 47.2 Å². The number of allylic oxidation sites excluding steroid dienone is 1. The average Bonchev–Trinajstić information content (AvgIpc) is 3.47. The Morgan fingerprint density at radius 2 is 1.74 bits per heavy atom. The minimum Gasteiger partial charge on any atom is -0.497 e. The van der Waals surface area contributed by atoms with Crippen LogP contribution in [0.2, 0.25) is 0 Å². The molecule has 0 bridgehead atoms. The number of H-pyrrole nitrogens is 1. The number of amides is 2. The van der Waals surface area contributed by atoms with Gasteiger partial charge in [0.2, 0.25) is 11.8 Å². The van der Waals surface area contributed by atoms with E-state index in [1.165, 1.54) is 0 Å². The van der Waals surface area contributed by atoms with Gasteiger partial charge in [0, 0.05) is 66.6 Å². The Morgan fingerprint density at radius 3 is 2.38 bits per heavy atom. The molecular formula is C38H48N4O5. The van der Waals surface area contributed by atoms with Gasteiger partial charge in [-0.05, 0) is 82.0 Å². The van der Waals surface area contributed by atoms with E-state index in [0.717, 1.165) is 51.0 Å². The molecule has 9 heteroatoms. The van der Waals surface area contributed by atoms with Crippen molar-refractivity contribution in [1.29, 1.82) is 0 Å². The van der Waals surface area contributed by atoms with Crippen molar-refractivity contribution in [2.24, 2.45) is 0 Å². The number of pyridine rings is 1. The van der Waals surface area contributed by atoms with Crippen molar-refractivity contribution in [3.63, 3.8) is 0 Å². The predicted octanol–water partition coefficient (Wildman–Crippen LogP) is 7.81. The van der Waals surface area contributed by atoms with Crippen LogP contribution in [0.5, 0.6) is 11.6 Å². The summed E-state index contributed by atoms with van der Waals surface area (Å²) in [6, 6.07) is 22.2. The highest BCUT2D eigenvalue weighted by Crippen LogP contribution is 2.36. The van der Waals surface area contributed by atoms with E-state index in [1.54, 1.807) is 31.0 Å². The van der Waals surface area contributed by atoms with Crippen LogP contribution < -0.4 is 9.47 Å². The summed E-state index contributed by atoms with van der Waals surface area (Å²) in [5.41, 5.74) is 5.63. The number of carbonyl (C=O) groups excluding carboxylic acids is 2. The van der Waals surface area contributed by atoms with E-state index in [-0.39, 0.29) is 25.1 Å². The topological polar surface area (TPSA) is 97.0 Å². The highest BCUT2D eigenvalue weighted by Gasteiger charge is 2.27. The lowest BCUT2D eigenvalue weighted by Gasteiger charge is -2.31. The fraction of sp³-hybridized carbons (Fsp3) is 0.395. The summed E-state index contributed by atoms with van der Waals surface area (Å²) >= 11 is 0. The molecule has 9 nitrogen and oxygen atoms in total. The number of rotatable bonds is 13. The molecule has 0 spiro atoms. The number of hydrogen-bond acceptors (Lipinski definition) is 6. The lowest BCUT2D eigenvalue weighted by Crippen LogP contribution is -2.44. The Labute approximate surface area is 278 Å². The molecule has 0 aliphatic rings. The second-order valence-electron chi connectivity index (χ2n) is 12.8. The maximum atomic E-state index is 13.1. The molecule has 4 rings (SSSR count). The van der Waals surface area contributed by atoms with Crippen molar-refractivity contribution in [3.8, 4) is 11.6 Å². The van der Waals surface area contributed by atoms with Gasteiger partial charge < -0.3 is 29.0 Å². The Morgan fingerprint density at radius 1 is 0.979 bits per heavy atom. The van der Waals surface area contributed by atoms with E-state index in [9.17, 15) is 9.59 Å². The van der Waals surface area contributed by atoms with Gasteiger partial charge in [-0.3, -0.25) is 4.79 Å². The molecule has 0 saturated carbocycles. The number of fused-ring (bicyclic) bond motifs is 1. The number of hydrogen-bond donors (Lipinski definition) is 1. The third-order valence-corrected chi connectivity index (χ3v) is 7.91. The van der Waals surface area contributed by atoms with Crippen molar-refractivity contribution >= 4 is 34.0 Å². The minimum atomic E-state index is -0.648. The molecule has 0 fully saturated rings. The van der Waals surface area contributed by atoms with E-state index < -0.39 is 11.7 Å². The zero-order valence-electron chi connectivity index (χ0n) is 28.9. The van der Waals surface area contributed by atoms with Crippen molar-refractivity contribution in [3.05, 3.63) is 89.7 Å². The van der Waals surface area contributed by atoms with Gasteiger partial charge in [0.1, 0.15) is 18.0 Å². The lowest BCUT2D eigenvalue weighted by atomic mass is 9.91. The Kier molecular flexibility index (Phi) is 11.7. The number of nitrogens with one attached hydrogen (secondary N) is 1. The first-order valence-electron chi connectivity index (χ1n) is 16.1. The molecule has 2 heterocycles. The highest BCUT2D eigenvalue weighted by atomic mass is 16.6. The van der Waals surface area contributed by atoms with Crippen molar-refractivity contribution < 1.29 is 23.8 Å². The van der Waals surface area contributed by atoms with Gasteiger partial charge >= 0.3 is 6.09 Å².